The molecule has 186 valence electrons. The molecule has 0 saturated carbocycles. The van der Waals surface area contributed by atoms with Gasteiger partial charge in [0, 0.05) is 46.3 Å². The number of benzene rings is 2. The Morgan fingerprint density at radius 2 is 1.78 bits per heavy atom. The van der Waals surface area contributed by atoms with Gasteiger partial charge in [-0.15, -0.1) is 5.10 Å². The zero-order chi connectivity index (χ0) is 26.3. The lowest BCUT2D eigenvalue weighted by molar-refractivity contribution is 0.0697. The van der Waals surface area contributed by atoms with E-state index in [0.717, 1.165) is 26.9 Å². The minimum Gasteiger partial charge on any atom is -0.477 e. The predicted octanol–water partition coefficient (Wildman–Crippen LogP) is 5.41. The second-order valence-electron chi connectivity index (χ2n) is 8.84. The maximum Gasteiger partial charge on any atom is 0.341 e. The first-order valence-electron chi connectivity index (χ1n) is 11.6. The van der Waals surface area contributed by atoms with Crippen LogP contribution in [0.1, 0.15) is 40.1 Å². The van der Waals surface area contributed by atoms with Crippen molar-refractivity contribution in [3.63, 3.8) is 0 Å². The lowest BCUT2D eigenvalue weighted by Crippen LogP contribution is -2.38. The number of rotatable bonds is 6. The first kappa shape index (κ1) is 24.4. The van der Waals surface area contributed by atoms with Gasteiger partial charge >= 0.3 is 5.97 Å². The fourth-order valence-corrected chi connectivity index (χ4v) is 4.63. The highest BCUT2D eigenvalue weighted by molar-refractivity contribution is 9.10. The quantitative estimate of drug-likeness (QED) is 0.299. The van der Waals surface area contributed by atoms with Gasteiger partial charge in [-0.1, -0.05) is 28.1 Å². The number of aryl methyl sites for hydroxylation is 1. The average Bonchev–Trinajstić information content (AvgIpc) is 3.49. The van der Waals surface area contributed by atoms with Crippen molar-refractivity contribution in [1.82, 2.24) is 24.4 Å². The van der Waals surface area contributed by atoms with Gasteiger partial charge in [0.1, 0.15) is 5.56 Å². The molecule has 0 fully saturated rings. The van der Waals surface area contributed by atoms with Gasteiger partial charge in [0.05, 0.1) is 11.4 Å². The molecule has 0 bridgehead atoms. The smallest absolute Gasteiger partial charge is 0.341 e. The van der Waals surface area contributed by atoms with Gasteiger partial charge in [-0.25, -0.2) is 19.0 Å². The Balaban J connectivity index is 1.52. The van der Waals surface area contributed by atoms with Crippen LogP contribution in [0.3, 0.4) is 0 Å². The number of amides is 1. The maximum atomic E-state index is 13.6. The van der Waals surface area contributed by atoms with E-state index in [-0.39, 0.29) is 23.3 Å². The number of carboxylic acid groups (broad SMARTS) is 1. The highest BCUT2D eigenvalue weighted by atomic mass is 79.9. The molecule has 1 amide bonds. The fourth-order valence-electron chi connectivity index (χ4n) is 4.15. The standard InChI is InChI=1S/C27H23BrN6O3/c1-16(2)34(26(35)21-10-7-19(28)13-17(21)3)25-22(27(36)37)15-33(31-25)20-8-5-18(6-9-20)23-14-24-29-11-4-12-32(24)30-23/h4-16H,1-3H3,(H,36,37). The van der Waals surface area contributed by atoms with Crippen LogP contribution in [0.5, 0.6) is 0 Å². The normalized spacial score (nSPS) is 11.3. The molecule has 1 N–H and O–H groups in total. The van der Waals surface area contributed by atoms with E-state index in [2.05, 4.69) is 31.1 Å². The summed E-state index contributed by atoms with van der Waals surface area (Å²) in [6.45, 7) is 5.50. The van der Waals surface area contributed by atoms with Crippen LogP contribution in [0.25, 0.3) is 22.6 Å². The third-order valence-electron chi connectivity index (χ3n) is 5.97. The van der Waals surface area contributed by atoms with Gasteiger partial charge in [0.25, 0.3) is 5.91 Å². The summed E-state index contributed by atoms with van der Waals surface area (Å²) < 4.78 is 4.04. The van der Waals surface area contributed by atoms with Crippen molar-refractivity contribution in [2.75, 3.05) is 4.90 Å². The van der Waals surface area contributed by atoms with Crippen molar-refractivity contribution < 1.29 is 14.7 Å². The molecular weight excluding hydrogens is 536 g/mol. The van der Waals surface area contributed by atoms with Crippen molar-refractivity contribution in [1.29, 1.82) is 0 Å². The average molecular weight is 559 g/mol. The van der Waals surface area contributed by atoms with Crippen molar-refractivity contribution in [2.24, 2.45) is 0 Å². The number of aromatic carboxylic acids is 1. The minimum absolute atomic E-state index is 0.0627. The van der Waals surface area contributed by atoms with Gasteiger partial charge in [0.15, 0.2) is 11.5 Å². The molecule has 5 rings (SSSR count). The molecule has 0 aliphatic carbocycles. The zero-order valence-electron chi connectivity index (χ0n) is 20.3. The summed E-state index contributed by atoms with van der Waals surface area (Å²) in [5.41, 5.74) is 4.23. The number of aromatic nitrogens is 5. The summed E-state index contributed by atoms with van der Waals surface area (Å²) in [7, 11) is 0. The Morgan fingerprint density at radius 3 is 2.43 bits per heavy atom. The fraction of sp³-hybridized carbons (Fsp3) is 0.148. The molecule has 9 nitrogen and oxygen atoms in total. The lowest BCUT2D eigenvalue weighted by atomic mass is 10.1. The van der Waals surface area contributed by atoms with E-state index in [1.54, 1.807) is 22.8 Å². The van der Waals surface area contributed by atoms with E-state index in [0.29, 0.717) is 11.3 Å². The SMILES string of the molecule is Cc1cc(Br)ccc1C(=O)N(c1nn(-c2ccc(-c3cc4ncccn4n3)cc2)cc1C(=O)O)C(C)C. The Bertz CT molecular complexity index is 1600. The number of anilines is 1. The summed E-state index contributed by atoms with van der Waals surface area (Å²) in [6, 6.07) is 16.2. The molecule has 0 unspecified atom stereocenters. The van der Waals surface area contributed by atoms with Gasteiger partial charge < -0.3 is 5.11 Å². The molecule has 0 spiro atoms. The number of carboxylic acids is 1. The number of nitrogens with zero attached hydrogens (tertiary/aromatic N) is 6. The number of halogens is 1. The van der Waals surface area contributed by atoms with Crippen molar-refractivity contribution in [3.8, 4) is 16.9 Å². The largest absolute Gasteiger partial charge is 0.477 e. The Labute approximate surface area is 221 Å². The summed E-state index contributed by atoms with van der Waals surface area (Å²) >= 11 is 3.42. The molecule has 2 aromatic carbocycles. The molecule has 0 radical (unpaired) electrons. The van der Waals surface area contributed by atoms with Crippen LogP contribution in [-0.4, -0.2) is 47.4 Å². The summed E-state index contributed by atoms with van der Waals surface area (Å²) in [5, 5.41) is 19.0. The molecule has 0 saturated heterocycles. The molecule has 3 aromatic heterocycles. The van der Waals surface area contributed by atoms with Crippen LogP contribution in [0.15, 0.2) is 77.7 Å². The van der Waals surface area contributed by atoms with E-state index in [1.165, 1.54) is 15.8 Å². The van der Waals surface area contributed by atoms with E-state index < -0.39 is 5.97 Å². The molecule has 37 heavy (non-hydrogen) atoms. The lowest BCUT2D eigenvalue weighted by Gasteiger charge is -2.26. The van der Waals surface area contributed by atoms with Gasteiger partial charge in [-0.2, -0.15) is 5.10 Å². The maximum absolute atomic E-state index is 13.6. The van der Waals surface area contributed by atoms with E-state index in [9.17, 15) is 14.7 Å². The first-order chi connectivity index (χ1) is 17.7. The van der Waals surface area contributed by atoms with Gasteiger partial charge in [-0.05, 0) is 62.7 Å². The molecule has 5 aromatic rings. The number of hydrogen-bond donors (Lipinski definition) is 1. The second kappa shape index (κ2) is 9.62. The summed E-state index contributed by atoms with van der Waals surface area (Å²) in [6.07, 6.45) is 4.97. The highest BCUT2D eigenvalue weighted by Crippen LogP contribution is 2.28. The molecule has 10 heteroatoms. The summed E-state index contributed by atoms with van der Waals surface area (Å²) in [5.74, 6) is -1.39. The molecule has 0 aliphatic heterocycles. The minimum atomic E-state index is -1.17. The zero-order valence-corrected chi connectivity index (χ0v) is 21.9. The topological polar surface area (TPSA) is 106 Å². The van der Waals surface area contributed by atoms with Crippen molar-refractivity contribution >= 4 is 39.3 Å². The number of carbonyl (C=O) groups is 2. The van der Waals surface area contributed by atoms with Crippen LogP contribution in [0, 0.1) is 6.92 Å². The number of carbonyl (C=O) groups excluding carboxylic acids is 1. The van der Waals surface area contributed by atoms with Crippen molar-refractivity contribution in [2.45, 2.75) is 26.8 Å². The van der Waals surface area contributed by atoms with E-state index >= 15 is 0 Å². The highest BCUT2D eigenvalue weighted by Gasteiger charge is 2.29. The summed E-state index contributed by atoms with van der Waals surface area (Å²) in [4.78, 5) is 31.5. The Morgan fingerprint density at radius 1 is 1.03 bits per heavy atom. The van der Waals surface area contributed by atoms with Crippen molar-refractivity contribution in [3.05, 3.63) is 94.4 Å². The third kappa shape index (κ3) is 4.63. The van der Waals surface area contributed by atoms with Gasteiger partial charge in [-0.3, -0.25) is 9.69 Å². The predicted molar refractivity (Wildman–Crippen MR) is 143 cm³/mol. The third-order valence-corrected chi connectivity index (χ3v) is 6.46. The Kier molecular flexibility index (Phi) is 6.34. The Hall–Kier alpha value is -4.31. The number of fused-ring (bicyclic) bond motifs is 1. The van der Waals surface area contributed by atoms with E-state index in [1.807, 2.05) is 69.4 Å². The number of hydrogen-bond acceptors (Lipinski definition) is 5. The first-order valence-corrected chi connectivity index (χ1v) is 12.4. The van der Waals surface area contributed by atoms with Gasteiger partial charge in [0.2, 0.25) is 0 Å². The van der Waals surface area contributed by atoms with Crippen LogP contribution in [0.2, 0.25) is 0 Å². The molecule has 0 aliphatic rings. The van der Waals surface area contributed by atoms with Crippen LogP contribution < -0.4 is 4.90 Å². The molecule has 0 atom stereocenters. The van der Waals surface area contributed by atoms with Crippen LogP contribution in [0.4, 0.5) is 5.82 Å². The molecular formula is C27H23BrN6O3. The van der Waals surface area contributed by atoms with Crippen LogP contribution in [-0.2, 0) is 0 Å². The van der Waals surface area contributed by atoms with E-state index in [4.69, 9.17) is 0 Å². The monoisotopic (exact) mass is 558 g/mol. The molecule has 3 heterocycles. The van der Waals surface area contributed by atoms with Crippen LogP contribution >= 0.6 is 15.9 Å². The second-order valence-corrected chi connectivity index (χ2v) is 9.76.